The van der Waals surface area contributed by atoms with Crippen molar-refractivity contribution >= 4 is 5.97 Å². The molecule has 0 saturated carbocycles. The van der Waals surface area contributed by atoms with Gasteiger partial charge < -0.3 is 4.74 Å². The monoisotopic (exact) mass is 268 g/mol. The Kier molecular flexibility index (Phi) is 4.80. The van der Waals surface area contributed by atoms with Gasteiger partial charge in [0, 0.05) is 0 Å². The van der Waals surface area contributed by atoms with E-state index >= 15 is 0 Å². The van der Waals surface area contributed by atoms with E-state index in [9.17, 15) is 26.7 Å². The smallest absolute Gasteiger partial charge is 0.456 e. The lowest BCUT2D eigenvalue weighted by Gasteiger charge is -2.19. The molecule has 0 aliphatic heterocycles. The Balaban J connectivity index is 4.81. The number of carbonyl (C=O) groups is 1. The molecule has 9 heteroatoms. The van der Waals surface area contributed by atoms with Crippen LogP contribution in [0.25, 0.3) is 4.85 Å². The van der Waals surface area contributed by atoms with E-state index in [-0.39, 0.29) is 0 Å². The van der Waals surface area contributed by atoms with Crippen molar-refractivity contribution in [2.45, 2.75) is 19.0 Å². The summed E-state index contributed by atoms with van der Waals surface area (Å²) in [5.74, 6) is -6.76. The number of ether oxygens (including phenoxy) is 1. The van der Waals surface area contributed by atoms with E-state index in [4.69, 9.17) is 11.8 Å². The van der Waals surface area contributed by atoms with Crippen LogP contribution in [-0.4, -0.2) is 24.7 Å². The maximum atomic E-state index is 12.4. The topological polar surface area (TPSA) is 54.5 Å². The molecule has 0 unspecified atom stereocenters. The molecule has 0 atom stereocenters. The van der Waals surface area contributed by atoms with Crippen molar-refractivity contribution in [1.29, 1.82) is 5.26 Å². The van der Waals surface area contributed by atoms with Gasteiger partial charge in [0.15, 0.2) is 6.61 Å². The highest BCUT2D eigenvalue weighted by atomic mass is 19.4. The van der Waals surface area contributed by atoms with Crippen LogP contribution in [0.5, 0.6) is 0 Å². The summed E-state index contributed by atoms with van der Waals surface area (Å²) < 4.78 is 63.6. The minimum Gasteiger partial charge on any atom is -0.456 e. The maximum absolute atomic E-state index is 12.4. The molecule has 0 amide bonds. The van der Waals surface area contributed by atoms with Gasteiger partial charge in [0.2, 0.25) is 0 Å². The third-order valence-electron chi connectivity index (χ3n) is 1.68. The summed E-state index contributed by atoms with van der Waals surface area (Å²) in [5.41, 5.74) is -1.37. The lowest BCUT2D eigenvalue weighted by atomic mass is 10.2. The Bertz CT molecular complexity index is 437. The molecule has 0 aromatic carbocycles. The zero-order valence-electron chi connectivity index (χ0n) is 8.81. The van der Waals surface area contributed by atoms with Crippen LogP contribution in [0, 0.1) is 17.9 Å². The predicted octanol–water partition coefficient (Wildman–Crippen LogP) is 2.44. The summed E-state index contributed by atoms with van der Waals surface area (Å²) in [6.45, 7) is 5.15. The van der Waals surface area contributed by atoms with E-state index < -0.39 is 35.9 Å². The van der Waals surface area contributed by atoms with E-state index in [0.717, 1.165) is 6.92 Å². The molecule has 0 aromatic heterocycles. The molecular formula is C9H5F5N2O2. The Morgan fingerprint density at radius 1 is 1.39 bits per heavy atom. The minimum atomic E-state index is -5.84. The molecule has 0 aliphatic rings. The van der Waals surface area contributed by atoms with Gasteiger partial charge in [0.1, 0.15) is 0 Å². The van der Waals surface area contributed by atoms with Crippen LogP contribution < -0.4 is 0 Å². The first kappa shape index (κ1) is 15.8. The van der Waals surface area contributed by atoms with E-state index in [1.165, 1.54) is 6.07 Å². The first-order chi connectivity index (χ1) is 8.06. The van der Waals surface area contributed by atoms with Gasteiger partial charge in [-0.25, -0.2) is 14.9 Å². The Morgan fingerprint density at radius 3 is 2.22 bits per heavy atom. The van der Waals surface area contributed by atoms with Gasteiger partial charge in [0.05, 0.1) is 18.2 Å². The molecule has 0 rings (SSSR count). The summed E-state index contributed by atoms with van der Waals surface area (Å²) >= 11 is 0. The number of nitriles is 1. The first-order valence-corrected chi connectivity index (χ1v) is 4.17. The van der Waals surface area contributed by atoms with Gasteiger partial charge in [-0.05, 0) is 6.92 Å². The molecule has 0 bridgehead atoms. The largest absolute Gasteiger partial charge is 0.456 e. The highest BCUT2D eigenvalue weighted by Gasteiger charge is 2.58. The quantitative estimate of drug-likeness (QED) is 0.260. The molecule has 0 radical (unpaired) electrons. The van der Waals surface area contributed by atoms with Gasteiger partial charge in [0.25, 0.3) is 5.70 Å². The number of halogens is 5. The SMILES string of the molecule is [C-]#[N+]/C(C#N)=C(\C)C(=O)OCC(F)(F)C(F)(F)F. The number of esters is 1. The summed E-state index contributed by atoms with van der Waals surface area (Å²) in [6.07, 6.45) is -5.84. The normalized spacial score (nSPS) is 13.1. The highest BCUT2D eigenvalue weighted by Crippen LogP contribution is 2.35. The lowest BCUT2D eigenvalue weighted by molar-refractivity contribution is -0.293. The Labute approximate surface area is 98.1 Å². The third kappa shape index (κ3) is 3.70. The second-order valence-electron chi connectivity index (χ2n) is 2.98. The van der Waals surface area contributed by atoms with E-state index in [1.807, 2.05) is 0 Å². The van der Waals surface area contributed by atoms with Crippen LogP contribution >= 0.6 is 0 Å². The molecule has 0 saturated heterocycles. The number of alkyl halides is 5. The van der Waals surface area contributed by atoms with Crippen molar-refractivity contribution in [3.8, 4) is 6.07 Å². The third-order valence-corrected chi connectivity index (χ3v) is 1.68. The van der Waals surface area contributed by atoms with E-state index in [0.29, 0.717) is 0 Å². The fourth-order valence-corrected chi connectivity index (χ4v) is 0.636. The molecular weight excluding hydrogens is 263 g/mol. The summed E-state index contributed by atoms with van der Waals surface area (Å²) in [4.78, 5) is 13.6. The van der Waals surface area contributed by atoms with E-state index in [2.05, 4.69) is 9.58 Å². The van der Waals surface area contributed by atoms with Gasteiger partial charge in [-0.3, -0.25) is 0 Å². The Morgan fingerprint density at radius 2 is 1.89 bits per heavy atom. The molecule has 0 aliphatic carbocycles. The van der Waals surface area contributed by atoms with Crippen LogP contribution in [0.4, 0.5) is 22.0 Å². The van der Waals surface area contributed by atoms with Crippen LogP contribution in [0.3, 0.4) is 0 Å². The molecule has 0 spiro atoms. The second kappa shape index (κ2) is 5.45. The summed E-state index contributed by atoms with van der Waals surface area (Å²) in [5, 5.41) is 8.35. The van der Waals surface area contributed by atoms with Crippen molar-refractivity contribution in [1.82, 2.24) is 0 Å². The average Bonchev–Trinajstić information content (AvgIpc) is 2.25. The number of nitrogens with zero attached hydrogens (tertiary/aromatic N) is 2. The first-order valence-electron chi connectivity index (χ1n) is 4.17. The number of allylic oxidation sites excluding steroid dienone is 1. The highest BCUT2D eigenvalue weighted by molar-refractivity contribution is 5.90. The molecule has 98 valence electrons. The van der Waals surface area contributed by atoms with E-state index in [1.54, 1.807) is 0 Å². The van der Waals surface area contributed by atoms with Crippen LogP contribution in [-0.2, 0) is 9.53 Å². The number of hydrogen-bond donors (Lipinski definition) is 0. The second-order valence-corrected chi connectivity index (χ2v) is 2.98. The Hall–Kier alpha value is -2.16. The summed E-state index contributed by atoms with van der Waals surface area (Å²) in [6, 6.07) is 1.27. The molecule has 0 aromatic rings. The fourth-order valence-electron chi connectivity index (χ4n) is 0.636. The number of rotatable bonds is 3. The molecule has 0 heterocycles. The van der Waals surface area contributed by atoms with Gasteiger partial charge in [-0.2, -0.15) is 22.0 Å². The molecule has 4 nitrogen and oxygen atoms in total. The predicted molar refractivity (Wildman–Crippen MR) is 46.9 cm³/mol. The minimum absolute atomic E-state index is 0.634. The van der Waals surface area contributed by atoms with Crippen molar-refractivity contribution in [2.24, 2.45) is 0 Å². The van der Waals surface area contributed by atoms with Gasteiger partial charge in [-0.15, -0.1) is 0 Å². The van der Waals surface area contributed by atoms with Crippen molar-refractivity contribution < 1.29 is 31.5 Å². The summed E-state index contributed by atoms with van der Waals surface area (Å²) in [7, 11) is 0. The number of carbonyl (C=O) groups excluding carboxylic acids is 1. The standard InChI is InChI=1S/C9H5F5N2O2/c1-5(6(3-15)16-2)7(17)18-4-8(10,11)9(12,13)14/h4H2,1H3/b6-5+. The molecule has 18 heavy (non-hydrogen) atoms. The number of hydrogen-bond acceptors (Lipinski definition) is 3. The molecule has 0 N–H and O–H groups in total. The van der Waals surface area contributed by atoms with Gasteiger partial charge in [-0.1, -0.05) is 0 Å². The zero-order chi connectivity index (χ0) is 14.6. The zero-order valence-corrected chi connectivity index (χ0v) is 8.81. The average molecular weight is 268 g/mol. The maximum Gasteiger partial charge on any atom is 0.456 e. The van der Waals surface area contributed by atoms with Crippen molar-refractivity contribution in [2.75, 3.05) is 6.61 Å². The van der Waals surface area contributed by atoms with Gasteiger partial charge >= 0.3 is 18.1 Å². The molecule has 0 fully saturated rings. The van der Waals surface area contributed by atoms with Crippen molar-refractivity contribution in [3.63, 3.8) is 0 Å². The van der Waals surface area contributed by atoms with Crippen molar-refractivity contribution in [3.05, 3.63) is 22.7 Å². The van der Waals surface area contributed by atoms with Crippen LogP contribution in [0.2, 0.25) is 0 Å². The van der Waals surface area contributed by atoms with Crippen LogP contribution in [0.15, 0.2) is 11.3 Å². The van der Waals surface area contributed by atoms with Crippen LogP contribution in [0.1, 0.15) is 6.92 Å². The fraction of sp³-hybridized carbons (Fsp3) is 0.444. The lowest BCUT2D eigenvalue weighted by Crippen LogP contribution is -2.41.